The summed E-state index contributed by atoms with van der Waals surface area (Å²) >= 11 is 0. The van der Waals surface area contributed by atoms with Gasteiger partial charge in [0, 0.05) is 36.7 Å². The molecule has 0 spiro atoms. The van der Waals surface area contributed by atoms with Gasteiger partial charge in [0.1, 0.15) is 0 Å². The summed E-state index contributed by atoms with van der Waals surface area (Å²) in [5, 5.41) is 4.92. The largest absolute Gasteiger partial charge is 0.347 e. The Morgan fingerprint density at radius 2 is 1.64 bits per heavy atom. The van der Waals surface area contributed by atoms with Crippen molar-refractivity contribution in [2.24, 2.45) is 0 Å². The Labute approximate surface area is 138 Å². The summed E-state index contributed by atoms with van der Waals surface area (Å²) in [6, 6.07) is 19.2. The number of aryl methyl sites for hydroxylation is 1. The van der Waals surface area contributed by atoms with Crippen molar-refractivity contribution >= 4 is 23.3 Å². The van der Waals surface area contributed by atoms with Gasteiger partial charge in [-0.15, -0.1) is 12.4 Å². The minimum atomic E-state index is 0. The fourth-order valence-corrected chi connectivity index (χ4v) is 2.83. The van der Waals surface area contributed by atoms with Crippen LogP contribution in [0.5, 0.6) is 0 Å². The maximum Gasteiger partial charge on any atom is 0.0483 e. The van der Waals surface area contributed by atoms with E-state index in [1.54, 1.807) is 0 Å². The Morgan fingerprint density at radius 3 is 2.41 bits per heavy atom. The third kappa shape index (κ3) is 3.70. The molecule has 0 fully saturated rings. The molecular weight excluding hydrogens is 292 g/mol. The second-order valence-corrected chi connectivity index (χ2v) is 5.45. The lowest BCUT2D eigenvalue weighted by Crippen LogP contribution is -2.12. The zero-order valence-electron chi connectivity index (χ0n) is 13.0. The molecule has 0 radical (unpaired) electrons. The van der Waals surface area contributed by atoms with E-state index in [1.165, 1.54) is 22.0 Å². The van der Waals surface area contributed by atoms with Gasteiger partial charge >= 0.3 is 0 Å². The molecule has 1 heterocycles. The number of rotatable bonds is 6. The lowest BCUT2D eigenvalue weighted by molar-refractivity contribution is 0.677. The quantitative estimate of drug-likeness (QED) is 0.694. The molecule has 0 aliphatic carbocycles. The van der Waals surface area contributed by atoms with Gasteiger partial charge in [0.15, 0.2) is 0 Å². The van der Waals surface area contributed by atoms with E-state index in [0.29, 0.717) is 0 Å². The summed E-state index contributed by atoms with van der Waals surface area (Å²) in [7, 11) is 0. The fraction of sp³-hybridized carbons (Fsp3) is 0.263. The maximum atomic E-state index is 3.55. The second kappa shape index (κ2) is 8.02. The number of hydrogen-bond donors (Lipinski definition) is 1. The lowest BCUT2D eigenvalue weighted by atomic mass is 10.1. The Balaban J connectivity index is 0.00000176. The summed E-state index contributed by atoms with van der Waals surface area (Å²) in [5.74, 6) is 0. The first-order valence-electron chi connectivity index (χ1n) is 7.70. The molecular formula is C19H23ClN2. The third-order valence-corrected chi connectivity index (χ3v) is 3.82. The van der Waals surface area contributed by atoms with Crippen molar-refractivity contribution in [3.8, 4) is 0 Å². The minimum Gasteiger partial charge on any atom is -0.347 e. The van der Waals surface area contributed by atoms with Gasteiger partial charge in [-0.1, -0.05) is 55.5 Å². The molecule has 0 amide bonds. The molecule has 3 heteroatoms. The molecule has 0 saturated heterocycles. The Morgan fingerprint density at radius 1 is 0.909 bits per heavy atom. The maximum absolute atomic E-state index is 3.55. The molecule has 1 N–H and O–H groups in total. The first-order valence-corrected chi connectivity index (χ1v) is 7.70. The molecule has 22 heavy (non-hydrogen) atoms. The van der Waals surface area contributed by atoms with E-state index in [2.05, 4.69) is 77.6 Å². The van der Waals surface area contributed by atoms with E-state index in [0.717, 1.165) is 26.1 Å². The highest BCUT2D eigenvalue weighted by Gasteiger charge is 2.06. The third-order valence-electron chi connectivity index (χ3n) is 3.82. The molecule has 0 bridgehead atoms. The van der Waals surface area contributed by atoms with Crippen molar-refractivity contribution in [2.45, 2.75) is 33.0 Å². The highest BCUT2D eigenvalue weighted by atomic mass is 35.5. The number of aromatic nitrogens is 1. The zero-order valence-corrected chi connectivity index (χ0v) is 13.8. The van der Waals surface area contributed by atoms with Crippen molar-refractivity contribution in [1.29, 1.82) is 0 Å². The normalized spacial score (nSPS) is 10.6. The van der Waals surface area contributed by atoms with Crippen LogP contribution in [0.25, 0.3) is 10.9 Å². The van der Waals surface area contributed by atoms with Gasteiger partial charge in [0.05, 0.1) is 0 Å². The number of hydrogen-bond acceptors (Lipinski definition) is 1. The van der Waals surface area contributed by atoms with Crippen molar-refractivity contribution in [1.82, 2.24) is 9.88 Å². The summed E-state index contributed by atoms with van der Waals surface area (Å²) < 4.78 is 2.37. The molecule has 3 rings (SSSR count). The number of fused-ring (bicyclic) bond motifs is 1. The van der Waals surface area contributed by atoms with Gasteiger partial charge in [-0.25, -0.2) is 0 Å². The lowest BCUT2D eigenvalue weighted by Gasteiger charge is -2.04. The predicted molar refractivity (Wildman–Crippen MR) is 96.5 cm³/mol. The van der Waals surface area contributed by atoms with Gasteiger partial charge in [-0.2, -0.15) is 0 Å². The Kier molecular flexibility index (Phi) is 6.05. The van der Waals surface area contributed by atoms with Crippen LogP contribution in [0.1, 0.15) is 24.5 Å². The first kappa shape index (κ1) is 16.6. The van der Waals surface area contributed by atoms with Crippen molar-refractivity contribution in [3.05, 3.63) is 71.9 Å². The van der Waals surface area contributed by atoms with Gasteiger partial charge in [-0.3, -0.25) is 0 Å². The van der Waals surface area contributed by atoms with Crippen LogP contribution in [0.3, 0.4) is 0 Å². The summed E-state index contributed by atoms with van der Waals surface area (Å²) in [6.07, 6.45) is 3.46. The monoisotopic (exact) mass is 314 g/mol. The Hall–Kier alpha value is -1.77. The fourth-order valence-electron chi connectivity index (χ4n) is 2.83. The molecule has 0 unspecified atom stereocenters. The van der Waals surface area contributed by atoms with Crippen LogP contribution in [0.2, 0.25) is 0 Å². The van der Waals surface area contributed by atoms with Crippen LogP contribution < -0.4 is 5.32 Å². The van der Waals surface area contributed by atoms with Gasteiger partial charge in [-0.05, 0) is 23.6 Å². The topological polar surface area (TPSA) is 17.0 Å². The summed E-state index contributed by atoms with van der Waals surface area (Å²) in [5.41, 5.74) is 4.06. The van der Waals surface area contributed by atoms with Crippen LogP contribution in [-0.2, 0) is 19.6 Å². The first-order chi connectivity index (χ1) is 10.4. The van der Waals surface area contributed by atoms with Crippen LogP contribution in [0.15, 0.2) is 60.8 Å². The minimum absolute atomic E-state index is 0. The van der Waals surface area contributed by atoms with Crippen molar-refractivity contribution in [2.75, 3.05) is 0 Å². The van der Waals surface area contributed by atoms with E-state index in [-0.39, 0.29) is 12.4 Å². The SMILES string of the molecule is CCCn1cc(CNCc2ccccc2)c2ccccc21.Cl. The average molecular weight is 315 g/mol. The average Bonchev–Trinajstić information content (AvgIpc) is 2.87. The zero-order chi connectivity index (χ0) is 14.5. The van der Waals surface area contributed by atoms with Crippen LogP contribution in [0.4, 0.5) is 0 Å². The smallest absolute Gasteiger partial charge is 0.0483 e. The molecule has 2 nitrogen and oxygen atoms in total. The highest BCUT2D eigenvalue weighted by molar-refractivity contribution is 5.85. The number of para-hydroxylation sites is 1. The predicted octanol–water partition coefficient (Wildman–Crippen LogP) is 4.76. The molecule has 0 aliphatic heterocycles. The molecule has 3 aromatic rings. The standard InChI is InChI=1S/C19H22N2.ClH/c1-2-12-21-15-17(18-10-6-7-11-19(18)21)14-20-13-16-8-4-3-5-9-16;/h3-11,15,20H,2,12-14H2,1H3;1H. The van der Waals surface area contributed by atoms with Gasteiger partial charge < -0.3 is 9.88 Å². The van der Waals surface area contributed by atoms with Gasteiger partial charge in [0.25, 0.3) is 0 Å². The number of benzene rings is 2. The molecule has 116 valence electrons. The van der Waals surface area contributed by atoms with Crippen molar-refractivity contribution < 1.29 is 0 Å². The molecule has 1 aromatic heterocycles. The highest BCUT2D eigenvalue weighted by Crippen LogP contribution is 2.21. The second-order valence-electron chi connectivity index (χ2n) is 5.45. The molecule has 2 aromatic carbocycles. The molecule has 0 saturated carbocycles. The number of nitrogens with one attached hydrogen (secondary N) is 1. The van der Waals surface area contributed by atoms with E-state index in [1.807, 2.05) is 0 Å². The van der Waals surface area contributed by atoms with E-state index < -0.39 is 0 Å². The Bertz CT molecular complexity index is 704. The van der Waals surface area contributed by atoms with E-state index in [9.17, 15) is 0 Å². The number of nitrogens with zero attached hydrogens (tertiary/aromatic N) is 1. The van der Waals surface area contributed by atoms with Crippen LogP contribution in [-0.4, -0.2) is 4.57 Å². The van der Waals surface area contributed by atoms with Crippen molar-refractivity contribution in [3.63, 3.8) is 0 Å². The van der Waals surface area contributed by atoms with Gasteiger partial charge in [0.2, 0.25) is 0 Å². The summed E-state index contributed by atoms with van der Waals surface area (Å²) in [4.78, 5) is 0. The summed E-state index contributed by atoms with van der Waals surface area (Å²) in [6.45, 7) is 5.13. The van der Waals surface area contributed by atoms with E-state index >= 15 is 0 Å². The van der Waals surface area contributed by atoms with Crippen LogP contribution >= 0.6 is 12.4 Å². The number of halogens is 1. The van der Waals surface area contributed by atoms with Crippen LogP contribution in [0, 0.1) is 0 Å². The van der Waals surface area contributed by atoms with E-state index in [4.69, 9.17) is 0 Å². The molecule has 0 atom stereocenters. The molecule has 0 aliphatic rings.